The molecule has 1 aromatic heterocycles. The molecule has 15 heavy (non-hydrogen) atoms. The van der Waals surface area contributed by atoms with E-state index in [1.807, 2.05) is 0 Å². The lowest BCUT2D eigenvalue weighted by atomic mass is 10.5. The highest BCUT2D eigenvalue weighted by Gasteiger charge is 2.05. The van der Waals surface area contributed by atoms with Crippen molar-refractivity contribution in [3.63, 3.8) is 0 Å². The van der Waals surface area contributed by atoms with Crippen molar-refractivity contribution in [1.29, 1.82) is 0 Å². The van der Waals surface area contributed by atoms with Crippen molar-refractivity contribution in [3.8, 4) is 0 Å². The molecule has 1 heterocycles. The van der Waals surface area contributed by atoms with Crippen molar-refractivity contribution < 1.29 is 19.4 Å². The average molecular weight is 213 g/mol. The second-order valence-corrected chi connectivity index (χ2v) is 2.77. The minimum Gasteiger partial charge on any atom is -0.480 e. The van der Waals surface area contributed by atoms with E-state index >= 15 is 0 Å². The Hall–Kier alpha value is -1.89. The normalized spacial score (nSPS) is 9.93. The van der Waals surface area contributed by atoms with Crippen LogP contribution in [0.3, 0.4) is 0 Å². The number of rotatable bonds is 5. The summed E-state index contributed by atoms with van der Waals surface area (Å²) >= 11 is 0. The molecule has 0 unspecified atom stereocenters. The van der Waals surface area contributed by atoms with E-state index in [1.54, 1.807) is 0 Å². The molecule has 7 heteroatoms. The van der Waals surface area contributed by atoms with Gasteiger partial charge >= 0.3 is 5.97 Å². The molecule has 0 bridgehead atoms. The van der Waals surface area contributed by atoms with Crippen LogP contribution in [0.25, 0.3) is 0 Å². The van der Waals surface area contributed by atoms with E-state index in [4.69, 9.17) is 5.11 Å². The molecule has 82 valence electrons. The van der Waals surface area contributed by atoms with E-state index in [-0.39, 0.29) is 19.1 Å². The molecular formula is C8H11N3O4. The SMILES string of the molecule is COCC(=O)Nc1ccn(CC(=O)O)n1. The number of aromatic nitrogens is 2. The van der Waals surface area contributed by atoms with Crippen molar-refractivity contribution in [1.82, 2.24) is 9.78 Å². The minimum atomic E-state index is -0.993. The summed E-state index contributed by atoms with van der Waals surface area (Å²) in [5.41, 5.74) is 0. The minimum absolute atomic E-state index is 0.0637. The summed E-state index contributed by atoms with van der Waals surface area (Å²) in [5, 5.41) is 14.7. The maximum atomic E-state index is 11.0. The van der Waals surface area contributed by atoms with Crippen LogP contribution in [0, 0.1) is 0 Å². The fourth-order valence-electron chi connectivity index (χ4n) is 0.965. The summed E-state index contributed by atoms with van der Waals surface area (Å²) in [4.78, 5) is 21.4. The van der Waals surface area contributed by atoms with Gasteiger partial charge in [-0.3, -0.25) is 14.3 Å². The highest BCUT2D eigenvalue weighted by molar-refractivity contribution is 5.90. The molecule has 0 saturated heterocycles. The third-order valence-electron chi connectivity index (χ3n) is 1.48. The molecule has 0 aliphatic carbocycles. The molecule has 1 aromatic rings. The van der Waals surface area contributed by atoms with Gasteiger partial charge in [0.15, 0.2) is 5.82 Å². The zero-order valence-corrected chi connectivity index (χ0v) is 8.14. The lowest BCUT2D eigenvalue weighted by Gasteiger charge is -1.99. The summed E-state index contributed by atoms with van der Waals surface area (Å²) < 4.78 is 5.82. The maximum Gasteiger partial charge on any atom is 0.325 e. The first-order valence-corrected chi connectivity index (χ1v) is 4.16. The fraction of sp³-hybridized carbons (Fsp3) is 0.375. The van der Waals surface area contributed by atoms with Gasteiger partial charge in [0.2, 0.25) is 0 Å². The third kappa shape index (κ3) is 3.77. The van der Waals surface area contributed by atoms with Crippen LogP contribution in [0.4, 0.5) is 5.82 Å². The van der Waals surface area contributed by atoms with Crippen molar-refractivity contribution in [2.75, 3.05) is 19.0 Å². The van der Waals surface area contributed by atoms with Gasteiger partial charge in [0.05, 0.1) is 0 Å². The summed E-state index contributed by atoms with van der Waals surface area (Å²) in [5.74, 6) is -1.02. The Balaban J connectivity index is 2.52. The predicted molar refractivity (Wildman–Crippen MR) is 50.4 cm³/mol. The summed E-state index contributed by atoms with van der Waals surface area (Å²) in [6, 6.07) is 1.51. The molecular weight excluding hydrogens is 202 g/mol. The van der Waals surface area contributed by atoms with Crippen LogP contribution < -0.4 is 5.32 Å². The first kappa shape index (κ1) is 11.2. The Bertz CT molecular complexity index is 361. The number of amides is 1. The van der Waals surface area contributed by atoms with Crippen LogP contribution >= 0.6 is 0 Å². The smallest absolute Gasteiger partial charge is 0.325 e. The zero-order valence-electron chi connectivity index (χ0n) is 8.14. The van der Waals surface area contributed by atoms with E-state index in [2.05, 4.69) is 15.2 Å². The molecule has 1 rings (SSSR count). The standard InChI is InChI=1S/C8H11N3O4/c1-15-5-7(12)9-6-2-3-11(10-6)4-8(13)14/h2-3H,4-5H2,1H3,(H,13,14)(H,9,10,12). The number of carboxylic acids is 1. The molecule has 1 amide bonds. The van der Waals surface area contributed by atoms with Crippen LogP contribution in [0.2, 0.25) is 0 Å². The molecule has 0 radical (unpaired) electrons. The molecule has 0 aromatic carbocycles. The number of hydrogen-bond donors (Lipinski definition) is 2. The number of nitrogens with zero attached hydrogens (tertiary/aromatic N) is 2. The van der Waals surface area contributed by atoms with Gasteiger partial charge < -0.3 is 15.2 Å². The molecule has 0 aliphatic heterocycles. The molecule has 0 saturated carbocycles. The van der Waals surface area contributed by atoms with Crippen LogP contribution in [-0.2, 0) is 20.9 Å². The largest absolute Gasteiger partial charge is 0.480 e. The Labute approximate surface area is 85.6 Å². The van der Waals surface area contributed by atoms with Gasteiger partial charge in [-0.1, -0.05) is 0 Å². The molecule has 0 aliphatic rings. The summed E-state index contributed by atoms with van der Waals surface area (Å²) in [7, 11) is 1.41. The maximum absolute atomic E-state index is 11.0. The number of nitrogens with one attached hydrogen (secondary N) is 1. The van der Waals surface area contributed by atoms with Crippen molar-refractivity contribution in [2.24, 2.45) is 0 Å². The highest BCUT2D eigenvalue weighted by atomic mass is 16.5. The quantitative estimate of drug-likeness (QED) is 0.691. The fourth-order valence-corrected chi connectivity index (χ4v) is 0.965. The average Bonchev–Trinajstić information content (AvgIpc) is 2.51. The summed E-state index contributed by atoms with van der Waals surface area (Å²) in [6.45, 7) is -0.300. The first-order valence-electron chi connectivity index (χ1n) is 4.16. The number of ether oxygens (including phenoxy) is 1. The van der Waals surface area contributed by atoms with E-state index in [9.17, 15) is 9.59 Å². The molecule has 2 N–H and O–H groups in total. The third-order valence-corrected chi connectivity index (χ3v) is 1.48. The number of anilines is 1. The van der Waals surface area contributed by atoms with Gasteiger partial charge in [0.25, 0.3) is 5.91 Å². The topological polar surface area (TPSA) is 93.5 Å². The van der Waals surface area contributed by atoms with Crippen molar-refractivity contribution in [3.05, 3.63) is 12.3 Å². The van der Waals surface area contributed by atoms with Gasteiger partial charge in [-0.25, -0.2) is 0 Å². The number of carboxylic acid groups (broad SMARTS) is 1. The van der Waals surface area contributed by atoms with Gasteiger partial charge in [-0.05, 0) is 0 Å². The Morgan fingerprint density at radius 2 is 2.40 bits per heavy atom. The number of aliphatic carboxylic acids is 1. The van der Waals surface area contributed by atoms with E-state index in [0.717, 1.165) is 0 Å². The highest BCUT2D eigenvalue weighted by Crippen LogP contribution is 2.01. The van der Waals surface area contributed by atoms with Crippen molar-refractivity contribution in [2.45, 2.75) is 6.54 Å². The molecule has 0 atom stereocenters. The Kier molecular flexibility index (Phi) is 3.81. The van der Waals surface area contributed by atoms with Gasteiger partial charge in [0, 0.05) is 19.4 Å². The zero-order chi connectivity index (χ0) is 11.3. The second kappa shape index (κ2) is 5.11. The number of carbonyl (C=O) groups excluding carboxylic acids is 1. The monoisotopic (exact) mass is 213 g/mol. The first-order chi connectivity index (χ1) is 7.11. The Morgan fingerprint density at radius 3 is 3.00 bits per heavy atom. The van der Waals surface area contributed by atoms with Gasteiger partial charge in [0.1, 0.15) is 13.2 Å². The van der Waals surface area contributed by atoms with E-state index < -0.39 is 5.97 Å². The van der Waals surface area contributed by atoms with Crippen LogP contribution in [0.1, 0.15) is 0 Å². The van der Waals surface area contributed by atoms with Crippen molar-refractivity contribution >= 4 is 17.7 Å². The number of carbonyl (C=O) groups is 2. The second-order valence-electron chi connectivity index (χ2n) is 2.77. The Morgan fingerprint density at radius 1 is 1.67 bits per heavy atom. The van der Waals surface area contributed by atoms with Gasteiger partial charge in [-0.15, -0.1) is 0 Å². The van der Waals surface area contributed by atoms with Crippen LogP contribution in [0.5, 0.6) is 0 Å². The van der Waals surface area contributed by atoms with E-state index in [1.165, 1.54) is 24.1 Å². The van der Waals surface area contributed by atoms with Crippen LogP contribution in [0.15, 0.2) is 12.3 Å². The molecule has 0 fully saturated rings. The lowest BCUT2D eigenvalue weighted by molar-refractivity contribution is -0.137. The number of hydrogen-bond acceptors (Lipinski definition) is 4. The van der Waals surface area contributed by atoms with Gasteiger partial charge in [-0.2, -0.15) is 5.10 Å². The molecule has 0 spiro atoms. The predicted octanol–water partition coefficient (Wildman–Crippen LogP) is -0.447. The van der Waals surface area contributed by atoms with Crippen LogP contribution in [-0.4, -0.2) is 40.5 Å². The molecule has 7 nitrogen and oxygen atoms in total. The van der Waals surface area contributed by atoms with E-state index in [0.29, 0.717) is 5.82 Å². The number of methoxy groups -OCH3 is 1. The lowest BCUT2D eigenvalue weighted by Crippen LogP contribution is -2.18. The summed E-state index contributed by atoms with van der Waals surface area (Å²) in [6.07, 6.45) is 1.47.